The number of fused-ring (bicyclic) bond motifs is 2. The number of hydrogen-bond acceptors (Lipinski definition) is 3. The minimum Gasteiger partial charge on any atom is -0.356 e. The van der Waals surface area contributed by atoms with Crippen LogP contribution in [-0.2, 0) is 10.3 Å². The number of nitrogens with one attached hydrogen (secondary N) is 1. The lowest BCUT2D eigenvalue weighted by atomic mass is 9.81. The molecule has 1 saturated carbocycles. The monoisotopic (exact) mass is 352 g/mol. The standard InChI is InChI=1S/C18H16F4N2O/c19-12-6-7-15-14(9-12)17(18(20,21)22,25-10-11-3-1-4-11)13-5-2-8-23-16(13)24-15/h2,5-9,11H,1,3-4,10H2,(H,23,24). The van der Waals surface area contributed by atoms with E-state index >= 15 is 0 Å². The zero-order valence-electron chi connectivity index (χ0n) is 13.2. The second-order valence-corrected chi connectivity index (χ2v) is 6.50. The Kier molecular flexibility index (Phi) is 3.72. The molecule has 25 heavy (non-hydrogen) atoms. The number of aromatic nitrogens is 1. The van der Waals surface area contributed by atoms with E-state index in [0.717, 1.165) is 31.4 Å². The first-order valence-electron chi connectivity index (χ1n) is 8.15. The van der Waals surface area contributed by atoms with Crippen molar-refractivity contribution >= 4 is 11.5 Å². The maximum Gasteiger partial charge on any atom is 0.426 e. The number of pyridine rings is 1. The normalized spacial score (nSPS) is 22.6. The molecule has 0 saturated heterocycles. The second-order valence-electron chi connectivity index (χ2n) is 6.50. The van der Waals surface area contributed by atoms with Crippen LogP contribution in [-0.4, -0.2) is 17.8 Å². The number of anilines is 2. The van der Waals surface area contributed by atoms with Gasteiger partial charge in [0.25, 0.3) is 0 Å². The number of hydrogen-bond donors (Lipinski definition) is 1. The van der Waals surface area contributed by atoms with Gasteiger partial charge in [0.1, 0.15) is 11.6 Å². The first kappa shape index (κ1) is 16.3. The van der Waals surface area contributed by atoms with E-state index in [4.69, 9.17) is 4.74 Å². The van der Waals surface area contributed by atoms with Gasteiger partial charge in [0.2, 0.25) is 5.60 Å². The van der Waals surface area contributed by atoms with Crippen LogP contribution in [0.15, 0.2) is 36.5 Å². The van der Waals surface area contributed by atoms with Crippen molar-refractivity contribution in [3.05, 3.63) is 53.5 Å². The van der Waals surface area contributed by atoms with Gasteiger partial charge in [-0.05, 0) is 43.0 Å². The number of nitrogens with zero attached hydrogens (tertiary/aromatic N) is 1. The highest BCUT2D eigenvalue weighted by Gasteiger charge is 2.62. The average molecular weight is 352 g/mol. The topological polar surface area (TPSA) is 34.1 Å². The molecule has 4 rings (SSSR count). The zero-order valence-corrected chi connectivity index (χ0v) is 13.2. The van der Waals surface area contributed by atoms with Crippen LogP contribution in [0.25, 0.3) is 0 Å². The molecule has 1 aliphatic heterocycles. The van der Waals surface area contributed by atoms with Gasteiger partial charge in [0, 0.05) is 23.0 Å². The highest BCUT2D eigenvalue weighted by molar-refractivity contribution is 5.73. The summed E-state index contributed by atoms with van der Waals surface area (Å²) in [5, 5.41) is 2.85. The summed E-state index contributed by atoms with van der Waals surface area (Å²) >= 11 is 0. The van der Waals surface area contributed by atoms with Gasteiger partial charge in [0.15, 0.2) is 0 Å². The fourth-order valence-corrected chi connectivity index (χ4v) is 3.42. The van der Waals surface area contributed by atoms with Crippen molar-refractivity contribution in [3.63, 3.8) is 0 Å². The Morgan fingerprint density at radius 3 is 2.68 bits per heavy atom. The van der Waals surface area contributed by atoms with E-state index in [1.165, 1.54) is 24.4 Å². The maximum atomic E-state index is 14.4. The van der Waals surface area contributed by atoms with Gasteiger partial charge in [0.05, 0.1) is 6.61 Å². The number of benzene rings is 1. The highest BCUT2D eigenvalue weighted by atomic mass is 19.4. The Morgan fingerprint density at radius 1 is 1.20 bits per heavy atom. The lowest BCUT2D eigenvalue weighted by Crippen LogP contribution is -2.49. The molecule has 1 aromatic carbocycles. The molecule has 1 aliphatic carbocycles. The van der Waals surface area contributed by atoms with Gasteiger partial charge in [-0.3, -0.25) is 0 Å². The summed E-state index contributed by atoms with van der Waals surface area (Å²) in [7, 11) is 0. The van der Waals surface area contributed by atoms with E-state index in [1.807, 2.05) is 0 Å². The SMILES string of the molecule is Fc1ccc2c(c1)C(OCC1CCC1)(C(F)(F)F)c1cccnc1N2. The van der Waals surface area contributed by atoms with Crippen molar-refractivity contribution in [2.24, 2.45) is 5.92 Å². The van der Waals surface area contributed by atoms with E-state index in [0.29, 0.717) is 0 Å². The number of rotatable bonds is 3. The van der Waals surface area contributed by atoms with Crippen LogP contribution in [0, 0.1) is 11.7 Å². The number of alkyl halides is 3. The van der Waals surface area contributed by atoms with Gasteiger partial charge in [-0.15, -0.1) is 0 Å². The molecule has 1 N–H and O–H groups in total. The molecule has 132 valence electrons. The summed E-state index contributed by atoms with van der Waals surface area (Å²) in [6.45, 7) is -0.0240. The van der Waals surface area contributed by atoms with E-state index in [1.54, 1.807) is 0 Å². The molecule has 2 aromatic rings. The third-order valence-electron chi connectivity index (χ3n) is 4.96. The van der Waals surface area contributed by atoms with Crippen molar-refractivity contribution in [1.29, 1.82) is 0 Å². The smallest absolute Gasteiger partial charge is 0.356 e. The molecule has 3 nitrogen and oxygen atoms in total. The van der Waals surface area contributed by atoms with Crippen LogP contribution in [0.2, 0.25) is 0 Å². The summed E-state index contributed by atoms with van der Waals surface area (Å²) in [6.07, 6.45) is -0.658. The van der Waals surface area contributed by atoms with Gasteiger partial charge in [-0.1, -0.05) is 12.5 Å². The quantitative estimate of drug-likeness (QED) is 0.798. The van der Waals surface area contributed by atoms with Gasteiger partial charge >= 0.3 is 6.18 Å². The Labute approximate surface area is 142 Å². The van der Waals surface area contributed by atoms with Crippen molar-refractivity contribution in [2.45, 2.75) is 31.0 Å². The molecule has 0 spiro atoms. The minimum absolute atomic E-state index is 0.0240. The maximum absolute atomic E-state index is 14.4. The molecule has 1 atom stereocenters. The predicted octanol–water partition coefficient (Wildman–Crippen LogP) is 4.90. The molecule has 0 bridgehead atoms. The van der Waals surface area contributed by atoms with Gasteiger partial charge < -0.3 is 10.1 Å². The van der Waals surface area contributed by atoms with Gasteiger partial charge in [-0.25, -0.2) is 9.37 Å². The zero-order chi connectivity index (χ0) is 17.7. The molecule has 0 amide bonds. The van der Waals surface area contributed by atoms with E-state index in [9.17, 15) is 17.6 Å². The molecule has 0 radical (unpaired) electrons. The van der Waals surface area contributed by atoms with Crippen LogP contribution >= 0.6 is 0 Å². The minimum atomic E-state index is -4.76. The molecule has 1 unspecified atom stereocenters. The summed E-state index contributed by atoms with van der Waals surface area (Å²) in [5.41, 5.74) is -2.98. The summed E-state index contributed by atoms with van der Waals surface area (Å²) in [5.74, 6) is -0.562. The molecule has 7 heteroatoms. The fourth-order valence-electron chi connectivity index (χ4n) is 3.42. The van der Waals surface area contributed by atoms with Crippen molar-refractivity contribution < 1.29 is 22.3 Å². The molecule has 1 fully saturated rings. The number of ether oxygens (including phenoxy) is 1. The Morgan fingerprint density at radius 2 is 2.00 bits per heavy atom. The van der Waals surface area contributed by atoms with Crippen LogP contribution in [0.5, 0.6) is 0 Å². The highest BCUT2D eigenvalue weighted by Crippen LogP contribution is 2.54. The average Bonchev–Trinajstić information content (AvgIpc) is 2.52. The van der Waals surface area contributed by atoms with Crippen LogP contribution < -0.4 is 5.32 Å². The third kappa shape index (κ3) is 2.49. The first-order valence-corrected chi connectivity index (χ1v) is 8.15. The van der Waals surface area contributed by atoms with Crippen molar-refractivity contribution in [3.8, 4) is 0 Å². The van der Waals surface area contributed by atoms with E-state index < -0.39 is 17.6 Å². The van der Waals surface area contributed by atoms with Gasteiger partial charge in [-0.2, -0.15) is 13.2 Å². The molecule has 1 aromatic heterocycles. The van der Waals surface area contributed by atoms with Crippen molar-refractivity contribution in [1.82, 2.24) is 4.98 Å². The summed E-state index contributed by atoms with van der Waals surface area (Å²) in [6, 6.07) is 6.06. The van der Waals surface area contributed by atoms with E-state index in [2.05, 4.69) is 10.3 Å². The molecular formula is C18H16F4N2O. The van der Waals surface area contributed by atoms with Crippen LogP contribution in [0.4, 0.5) is 29.1 Å². The second kappa shape index (κ2) is 5.69. The Hall–Kier alpha value is -2.15. The third-order valence-corrected chi connectivity index (χ3v) is 4.96. The fraction of sp³-hybridized carbons (Fsp3) is 0.389. The lowest BCUT2D eigenvalue weighted by Gasteiger charge is -2.42. The Bertz CT molecular complexity index is 804. The van der Waals surface area contributed by atoms with E-state index in [-0.39, 0.29) is 35.2 Å². The first-order chi connectivity index (χ1) is 11.9. The number of halogens is 4. The molecule has 2 aliphatic rings. The predicted molar refractivity (Wildman–Crippen MR) is 84.0 cm³/mol. The van der Waals surface area contributed by atoms with Crippen molar-refractivity contribution in [2.75, 3.05) is 11.9 Å². The van der Waals surface area contributed by atoms with Crippen LogP contribution in [0.1, 0.15) is 30.4 Å². The summed E-state index contributed by atoms with van der Waals surface area (Å²) in [4.78, 5) is 4.03. The summed E-state index contributed by atoms with van der Waals surface area (Å²) < 4.78 is 62.5. The Balaban J connectivity index is 1.92. The molecular weight excluding hydrogens is 336 g/mol. The largest absolute Gasteiger partial charge is 0.426 e. The lowest BCUT2D eigenvalue weighted by molar-refractivity contribution is -0.271. The van der Waals surface area contributed by atoms with Crippen LogP contribution in [0.3, 0.4) is 0 Å². The molecule has 2 heterocycles.